The lowest BCUT2D eigenvalue weighted by Gasteiger charge is -2.08. The van der Waals surface area contributed by atoms with E-state index in [1.54, 1.807) is 6.07 Å². The number of benzene rings is 8. The Kier molecular flexibility index (Phi) is 16.0. The van der Waals surface area contributed by atoms with E-state index in [4.69, 9.17) is 49.4 Å². The summed E-state index contributed by atoms with van der Waals surface area (Å²) >= 11 is 0. The fourth-order valence-electron chi connectivity index (χ4n) is 13.9. The van der Waals surface area contributed by atoms with E-state index in [1.165, 1.54) is 0 Å². The van der Waals surface area contributed by atoms with Crippen LogP contribution in [-0.2, 0) is 28.2 Å². The van der Waals surface area contributed by atoms with Crippen LogP contribution in [-0.4, -0.2) is 0 Å². The Morgan fingerprint density at radius 1 is 0.300 bits per heavy atom. The van der Waals surface area contributed by atoms with E-state index >= 15 is 0 Å². The van der Waals surface area contributed by atoms with E-state index in [0.717, 1.165) is 200 Å². The van der Waals surface area contributed by atoms with Crippen LogP contribution in [0, 0.1) is 109 Å². The fraction of sp³-hybridized carbons (Fsp3) is 0.182. The van der Waals surface area contributed by atoms with Gasteiger partial charge in [-0.25, -0.2) is 37.6 Å². The number of rotatable bonds is 4. The van der Waals surface area contributed by atoms with Gasteiger partial charge in [-0.1, -0.05) is 78.9 Å². The lowest BCUT2D eigenvalue weighted by molar-refractivity contribution is -0.660. The van der Waals surface area contributed by atoms with Crippen LogP contribution in [0.5, 0.6) is 0 Å². The summed E-state index contributed by atoms with van der Waals surface area (Å²) in [6.07, 6.45) is 7.31. The molecule has 0 aliphatic heterocycles. The molecule has 16 rings (SSSR count). The maximum atomic E-state index is 8.03. The Hall–Kier alpha value is -12.5. The molecule has 8 heterocycles. The summed E-state index contributed by atoms with van der Waals surface area (Å²) < 4.78 is 65.1. The normalized spacial score (nSPS) is 11.7. The first-order chi connectivity index (χ1) is 49.6. The predicted octanol–water partition coefficient (Wildman–Crippen LogP) is 22.2. The number of hydrogen-bond donors (Lipinski definition) is 0. The van der Waals surface area contributed by atoms with Gasteiger partial charge in [-0.05, 0) is 168 Å². The average Bonchev–Trinajstić information content (AvgIpc) is 1.65. The molecule has 0 fully saturated rings. The first-order valence-corrected chi connectivity index (χ1v) is 32.9. The first kappa shape index (κ1) is 61.1. The molecule has 0 N–H and O–H groups in total. The van der Waals surface area contributed by atoms with Crippen LogP contribution in [0.4, 0.5) is 22.7 Å². The van der Waals surface area contributed by atoms with E-state index < -0.39 is 0 Å². The number of fused-ring (bicyclic) bond motifs is 12. The standard InChI is InChI=1S/4C22H19N2O/c1-13-8-9-24(5)18(10-13)21-15(3)11-14(2)20-17-7-6-16(23-4)12-19(17)25-22(20)21;1-13-8-9-24(5)18(10-13)21-14(2)6-7-17-20-15(3)11-16(23-4)12-19(20)25-22(17)21;1-13-8-9-24(5)19(10-13)21-14(2)6-7-16-17-11-15(3)18(23-4)12-20(17)25-22(16)21;1-13-10-11-24(5)19(12-13)20-14(2)6-7-17-16-8-9-18(23-4)15(3)21(16)25-22(17)20/h4*6-12H,1-3,5H3/q4*+1/i3*8D;10D. The molecule has 0 saturated carbocycles. The monoisotopic (exact) mass is 1310 g/mol. The van der Waals surface area contributed by atoms with E-state index in [-0.39, 0.29) is 0 Å². The summed E-state index contributed by atoms with van der Waals surface area (Å²) in [5.74, 6) is 0. The minimum Gasteiger partial charge on any atom is -0.456 e. The van der Waals surface area contributed by atoms with Gasteiger partial charge in [0.05, 0.1) is 54.0 Å². The highest BCUT2D eigenvalue weighted by Gasteiger charge is 2.27. The van der Waals surface area contributed by atoms with Crippen LogP contribution in [0.25, 0.3) is 152 Å². The third-order valence-corrected chi connectivity index (χ3v) is 19.1. The molecule has 0 radical (unpaired) electrons. The summed E-state index contributed by atoms with van der Waals surface area (Å²) in [4.78, 5) is 14.2. The number of aryl methyl sites for hydroxylation is 16. The van der Waals surface area contributed by atoms with Crippen molar-refractivity contribution < 1.29 is 41.4 Å². The third kappa shape index (κ3) is 11.7. The van der Waals surface area contributed by atoms with Gasteiger partial charge < -0.3 is 17.7 Å². The molecule has 0 atom stereocenters. The van der Waals surface area contributed by atoms with Gasteiger partial charge in [-0.15, -0.1) is 0 Å². The van der Waals surface area contributed by atoms with E-state index in [0.29, 0.717) is 46.9 Å². The smallest absolute Gasteiger partial charge is 0.216 e. The van der Waals surface area contributed by atoms with Crippen LogP contribution in [0.3, 0.4) is 0 Å². The van der Waals surface area contributed by atoms with Gasteiger partial charge in [0.1, 0.15) is 72.9 Å². The minimum absolute atomic E-state index is 0.517. The Balaban J connectivity index is 0.000000123. The lowest BCUT2D eigenvalue weighted by Crippen LogP contribution is -2.30. The van der Waals surface area contributed by atoms with Crippen molar-refractivity contribution in [2.75, 3.05) is 0 Å². The molecular weight excluding hydrogens is 1230 g/mol. The van der Waals surface area contributed by atoms with Crippen molar-refractivity contribution in [3.63, 3.8) is 0 Å². The molecular formula is C88H76N8O4+4. The highest BCUT2D eigenvalue weighted by atomic mass is 16.3. The Labute approximate surface area is 588 Å². The van der Waals surface area contributed by atoms with Gasteiger partial charge in [-0.3, -0.25) is 0 Å². The van der Waals surface area contributed by atoms with Crippen LogP contribution in [0.1, 0.15) is 72.2 Å². The van der Waals surface area contributed by atoms with Crippen molar-refractivity contribution in [2.45, 2.75) is 83.1 Å². The van der Waals surface area contributed by atoms with Crippen LogP contribution < -0.4 is 18.3 Å². The van der Waals surface area contributed by atoms with Gasteiger partial charge in [0.15, 0.2) is 47.5 Å². The van der Waals surface area contributed by atoms with Gasteiger partial charge in [0.2, 0.25) is 22.8 Å². The zero-order valence-electron chi connectivity index (χ0n) is 63.1. The molecule has 488 valence electrons. The van der Waals surface area contributed by atoms with Crippen molar-refractivity contribution in [3.8, 4) is 45.0 Å². The van der Waals surface area contributed by atoms with Crippen molar-refractivity contribution in [1.29, 1.82) is 0 Å². The highest BCUT2D eigenvalue weighted by Crippen LogP contribution is 2.45. The minimum atomic E-state index is 0.517. The van der Waals surface area contributed by atoms with Crippen LogP contribution >= 0.6 is 0 Å². The SMILES string of the molecule is [2H]c1c[n+](C)c(-c2c(C)cc(C)c3c2oc2cc([N+]#[C-])ccc23)cc1C.[2H]c1c[n+](C)c(-c2c(C)ccc3c2oc2c(C)c([N+]#[C-])ccc23)cc1C.[2H]c1c[n+](C)c(-c2c(C)ccc3c2oc2cc([N+]#[C-])c(C)cc23)cc1C.[2H]c1c[n+](C)c(-c2c(C)ccc3c2oc2cc([N+]#[C-])cc(C)c23)cc1C. The molecule has 12 nitrogen and oxygen atoms in total. The molecule has 0 spiro atoms. The second-order valence-corrected chi connectivity index (χ2v) is 26.3. The number of pyridine rings is 4. The van der Waals surface area contributed by atoms with Crippen LogP contribution in [0.2, 0.25) is 0 Å². The zero-order chi connectivity index (χ0) is 74.3. The predicted molar refractivity (Wildman–Crippen MR) is 403 cm³/mol. The topological polar surface area (TPSA) is 85.5 Å². The lowest BCUT2D eigenvalue weighted by atomic mass is 9.96. The largest absolute Gasteiger partial charge is 0.456 e. The quantitative estimate of drug-likeness (QED) is 0.130. The molecule has 0 saturated heterocycles. The summed E-state index contributed by atoms with van der Waals surface area (Å²) in [7, 11) is 7.82. The van der Waals surface area contributed by atoms with Gasteiger partial charge >= 0.3 is 0 Å². The molecule has 16 aromatic rings. The fourth-order valence-corrected chi connectivity index (χ4v) is 13.9. The zero-order valence-corrected chi connectivity index (χ0v) is 59.1. The second kappa shape index (κ2) is 26.2. The molecule has 100 heavy (non-hydrogen) atoms. The van der Waals surface area contributed by atoms with Crippen molar-refractivity contribution in [3.05, 3.63) is 283 Å². The third-order valence-electron chi connectivity index (χ3n) is 19.1. The molecule has 0 amide bonds. The van der Waals surface area contributed by atoms with Gasteiger partial charge in [0.25, 0.3) is 0 Å². The first-order valence-electron chi connectivity index (χ1n) is 34.9. The molecule has 8 aromatic heterocycles. The number of hydrogen-bond acceptors (Lipinski definition) is 4. The summed E-state index contributed by atoms with van der Waals surface area (Å²) in [5, 5.41) is 8.39. The summed E-state index contributed by atoms with van der Waals surface area (Å²) in [6, 6.07) is 42.0. The van der Waals surface area contributed by atoms with Crippen molar-refractivity contribution >= 4 is 111 Å². The summed E-state index contributed by atoms with van der Waals surface area (Å²) in [5.41, 5.74) is 29.2. The number of aromatic nitrogens is 4. The Morgan fingerprint density at radius 2 is 0.700 bits per heavy atom. The Morgan fingerprint density at radius 3 is 1.21 bits per heavy atom. The highest BCUT2D eigenvalue weighted by molar-refractivity contribution is 6.15. The van der Waals surface area contributed by atoms with Crippen LogP contribution in [0.15, 0.2) is 188 Å². The van der Waals surface area contributed by atoms with E-state index in [2.05, 4.69) is 96.5 Å². The van der Waals surface area contributed by atoms with Crippen molar-refractivity contribution in [2.24, 2.45) is 28.2 Å². The molecule has 8 aromatic carbocycles. The maximum Gasteiger partial charge on any atom is 0.216 e. The van der Waals surface area contributed by atoms with E-state index in [9.17, 15) is 0 Å². The van der Waals surface area contributed by atoms with Gasteiger partial charge in [-0.2, -0.15) is 0 Å². The molecule has 0 bridgehead atoms. The molecule has 12 heteroatoms. The molecule has 0 unspecified atom stereocenters. The number of furan rings is 4. The van der Waals surface area contributed by atoms with Crippen molar-refractivity contribution in [1.82, 2.24) is 0 Å². The maximum absolute atomic E-state index is 8.03. The second-order valence-electron chi connectivity index (χ2n) is 26.3. The molecule has 0 aliphatic carbocycles. The van der Waals surface area contributed by atoms with Gasteiger partial charge in [0, 0.05) is 91.5 Å². The van der Waals surface area contributed by atoms with E-state index in [1.807, 2.05) is 193 Å². The average molecular weight is 1310 g/mol. The molecule has 0 aliphatic rings. The summed E-state index contributed by atoms with van der Waals surface area (Å²) in [6.45, 7) is 53.3. The number of nitrogens with zero attached hydrogens (tertiary/aromatic N) is 8. The Bertz CT molecular complexity index is 6460.